The number of aliphatic hydroxyl groups excluding tert-OH is 11. The van der Waals surface area contributed by atoms with Gasteiger partial charge in [-0.15, -0.1) is 0 Å². The molecule has 16 unspecified atom stereocenters. The quantitative estimate of drug-likeness (QED) is 0.0121. The van der Waals surface area contributed by atoms with E-state index in [1.807, 2.05) is 6.08 Å². The van der Waals surface area contributed by atoms with Gasteiger partial charge in [0.15, 0.2) is 18.7 Å². The molecule has 0 radical (unpaired) electrons. The Hall–Kier alpha value is -2.07. The molecule has 16 atom stereocenters. The second kappa shape index (κ2) is 43.6. The van der Waals surface area contributed by atoms with E-state index < -0.39 is 150 Å². The van der Waals surface area contributed by atoms with Crippen molar-refractivity contribution in [3.63, 3.8) is 0 Å². The molecule has 3 aliphatic rings. The summed E-state index contributed by atoms with van der Waals surface area (Å²) in [6.45, 7) is 0.928. The van der Waals surface area contributed by atoms with Gasteiger partial charge in [0.05, 0.1) is 19.8 Å². The van der Waals surface area contributed by atoms with E-state index in [1.165, 1.54) is 134 Å². The van der Waals surface area contributed by atoms with Gasteiger partial charge in [-0.3, -0.25) is 13.8 Å². The minimum Gasteiger partial charge on any atom is -0.462 e. The lowest BCUT2D eigenvalue weighted by Gasteiger charge is -2.49. The summed E-state index contributed by atoms with van der Waals surface area (Å²) in [6, 6.07) is 0. The van der Waals surface area contributed by atoms with Gasteiger partial charge in [0, 0.05) is 12.5 Å². The molecule has 1 aliphatic carbocycles. The number of allylic oxidation sites excluding steroid dienone is 3. The molecule has 12 N–H and O–H groups in total. The normalized spacial score (nSPS) is 30.7. The largest absolute Gasteiger partial charge is 0.472 e. The molecule has 23 nitrogen and oxygen atoms in total. The Bertz CT molecular complexity index is 1740. The SMILES string of the molecule is CCCCCCCCCCCCCC=CC=CC(=O)OC(COC(=O)CCCCCCCCCCCCCCCCCCC)COP(=O)(O)OC1C(OC2OC(CO)C(O)C(O)C2O)C(O)C(O)C(O)C1OC1OC(CO)C(O)C(O)C1O. The van der Waals surface area contributed by atoms with E-state index >= 15 is 0 Å². The van der Waals surface area contributed by atoms with Gasteiger partial charge < -0.3 is 89.5 Å². The van der Waals surface area contributed by atoms with E-state index in [0.717, 1.165) is 57.4 Å². The summed E-state index contributed by atoms with van der Waals surface area (Å²) in [5.74, 6) is -1.58. The molecule has 486 valence electrons. The molecule has 0 spiro atoms. The number of hydrogen-bond acceptors (Lipinski definition) is 22. The highest BCUT2D eigenvalue weighted by Gasteiger charge is 2.58. The van der Waals surface area contributed by atoms with Crippen molar-refractivity contribution >= 4 is 19.8 Å². The number of unbranched alkanes of at least 4 members (excludes halogenated alkanes) is 27. The number of ether oxygens (including phenoxy) is 6. The topological polar surface area (TPSA) is 368 Å². The number of rotatable bonds is 46. The van der Waals surface area contributed by atoms with Crippen LogP contribution in [-0.2, 0) is 51.6 Å². The third kappa shape index (κ3) is 28.8. The lowest BCUT2D eigenvalue weighted by molar-refractivity contribution is -0.360. The Kier molecular flexibility index (Phi) is 39.4. The van der Waals surface area contributed by atoms with Crippen molar-refractivity contribution in [2.24, 2.45) is 0 Å². The molecule has 0 bridgehead atoms. The maximum Gasteiger partial charge on any atom is 0.472 e. The Morgan fingerprint density at radius 2 is 0.867 bits per heavy atom. The fourth-order valence-corrected chi connectivity index (χ4v) is 11.4. The van der Waals surface area contributed by atoms with Crippen LogP contribution in [0.15, 0.2) is 24.3 Å². The molecular weight excluding hydrogens is 1110 g/mol. The maximum atomic E-state index is 14.0. The van der Waals surface area contributed by atoms with Gasteiger partial charge in [0.1, 0.15) is 92.1 Å². The Labute approximate surface area is 492 Å². The first kappa shape index (κ1) is 75.2. The first-order valence-electron chi connectivity index (χ1n) is 31.2. The summed E-state index contributed by atoms with van der Waals surface area (Å²) in [5, 5.41) is 117. The van der Waals surface area contributed by atoms with Crippen LogP contribution in [0.1, 0.15) is 206 Å². The highest BCUT2D eigenvalue weighted by atomic mass is 31.2. The van der Waals surface area contributed by atoms with Crippen LogP contribution in [0.5, 0.6) is 0 Å². The molecular formula is C59H107O23P. The van der Waals surface area contributed by atoms with Crippen LogP contribution in [0.3, 0.4) is 0 Å². The van der Waals surface area contributed by atoms with Crippen molar-refractivity contribution in [1.82, 2.24) is 0 Å². The van der Waals surface area contributed by atoms with Crippen LogP contribution >= 0.6 is 7.82 Å². The monoisotopic (exact) mass is 1210 g/mol. The van der Waals surface area contributed by atoms with Crippen molar-refractivity contribution in [3.8, 4) is 0 Å². The fraction of sp³-hybridized carbons (Fsp3) is 0.898. The molecule has 2 saturated heterocycles. The van der Waals surface area contributed by atoms with Gasteiger partial charge in [0.25, 0.3) is 0 Å². The summed E-state index contributed by atoms with van der Waals surface area (Å²) in [4.78, 5) is 37.4. The second-order valence-electron chi connectivity index (χ2n) is 22.7. The third-order valence-corrected chi connectivity index (χ3v) is 16.6. The summed E-state index contributed by atoms with van der Waals surface area (Å²) in [5.41, 5.74) is 0. The van der Waals surface area contributed by atoms with Crippen LogP contribution in [0.2, 0.25) is 0 Å². The third-order valence-electron chi connectivity index (χ3n) is 15.6. The maximum absolute atomic E-state index is 14.0. The van der Waals surface area contributed by atoms with Crippen molar-refractivity contribution in [2.45, 2.75) is 311 Å². The first-order chi connectivity index (χ1) is 39.9. The zero-order valence-electron chi connectivity index (χ0n) is 49.5. The van der Waals surface area contributed by atoms with Crippen LogP contribution in [0.25, 0.3) is 0 Å². The second-order valence-corrected chi connectivity index (χ2v) is 24.1. The highest BCUT2D eigenvalue weighted by Crippen LogP contribution is 2.49. The standard InChI is InChI=1S/C59H107O23P/c1-3-5-7-9-11-13-15-17-19-20-22-23-25-27-29-31-33-35-44(62)75-39-41(77-45(63)36-34-32-30-28-26-24-21-18-16-14-12-10-8-6-4-2)40-76-83(73,74)82-57-55(80-58-53(71)48(66)46(64)42(37-60)78-58)51(69)50(68)52(70)56(57)81-59-54(72)49(67)47(65)43(38-61)79-59/h30,32,34,36,41-43,46-61,64-72H,3-29,31,33,35,37-40H2,1-2H3,(H,73,74). The number of aliphatic hydroxyl groups is 11. The predicted molar refractivity (Wildman–Crippen MR) is 305 cm³/mol. The van der Waals surface area contributed by atoms with E-state index in [-0.39, 0.29) is 6.42 Å². The lowest BCUT2D eigenvalue weighted by atomic mass is 9.84. The van der Waals surface area contributed by atoms with Crippen molar-refractivity contribution in [1.29, 1.82) is 0 Å². The number of carbonyl (C=O) groups excluding carboxylic acids is 2. The molecule has 83 heavy (non-hydrogen) atoms. The van der Waals surface area contributed by atoms with Crippen LogP contribution in [0, 0.1) is 0 Å². The first-order valence-corrected chi connectivity index (χ1v) is 32.7. The number of esters is 2. The molecule has 24 heteroatoms. The number of phosphoric acid groups is 1. The van der Waals surface area contributed by atoms with Crippen LogP contribution in [0.4, 0.5) is 0 Å². The van der Waals surface area contributed by atoms with Crippen molar-refractivity contribution < 1.29 is 113 Å². The summed E-state index contributed by atoms with van der Waals surface area (Å²) < 4.78 is 58.0. The van der Waals surface area contributed by atoms with Gasteiger partial charge in [-0.25, -0.2) is 9.36 Å². The molecule has 0 amide bonds. The van der Waals surface area contributed by atoms with E-state index in [1.54, 1.807) is 6.08 Å². The highest BCUT2D eigenvalue weighted by molar-refractivity contribution is 7.47. The Morgan fingerprint density at radius 3 is 1.28 bits per heavy atom. The average Bonchev–Trinajstić information content (AvgIpc) is 3.66. The number of phosphoric ester groups is 1. The van der Waals surface area contributed by atoms with E-state index in [9.17, 15) is 75.2 Å². The van der Waals surface area contributed by atoms with Crippen LogP contribution < -0.4 is 0 Å². The average molecular weight is 1220 g/mol. The minimum atomic E-state index is -5.66. The molecule has 0 aromatic heterocycles. The summed E-state index contributed by atoms with van der Waals surface area (Å²) in [7, 11) is -5.66. The van der Waals surface area contributed by atoms with Gasteiger partial charge in [-0.1, -0.05) is 199 Å². The molecule has 1 saturated carbocycles. The summed E-state index contributed by atoms with van der Waals surface area (Å²) in [6.07, 6.45) is 5.01. The van der Waals surface area contributed by atoms with E-state index in [4.69, 9.17) is 37.5 Å². The zero-order chi connectivity index (χ0) is 61.0. The Balaban J connectivity index is 1.69. The van der Waals surface area contributed by atoms with Crippen LogP contribution in [-0.4, -0.2) is 204 Å². The fourth-order valence-electron chi connectivity index (χ4n) is 10.4. The van der Waals surface area contributed by atoms with Gasteiger partial charge >= 0.3 is 19.8 Å². The zero-order valence-corrected chi connectivity index (χ0v) is 50.4. The van der Waals surface area contributed by atoms with Gasteiger partial charge in [-0.05, 0) is 19.3 Å². The molecule has 3 fully saturated rings. The molecule has 0 aromatic carbocycles. The smallest absolute Gasteiger partial charge is 0.462 e. The van der Waals surface area contributed by atoms with E-state index in [2.05, 4.69) is 13.8 Å². The van der Waals surface area contributed by atoms with Gasteiger partial charge in [-0.2, -0.15) is 0 Å². The molecule has 3 rings (SSSR count). The molecule has 2 aliphatic heterocycles. The Morgan fingerprint density at radius 1 is 0.482 bits per heavy atom. The van der Waals surface area contributed by atoms with Crippen molar-refractivity contribution in [3.05, 3.63) is 24.3 Å². The lowest BCUT2D eigenvalue weighted by Crippen LogP contribution is -2.69. The molecule has 2 heterocycles. The van der Waals surface area contributed by atoms with Crippen molar-refractivity contribution in [2.75, 3.05) is 26.4 Å². The minimum absolute atomic E-state index is 0.0371. The number of carbonyl (C=O) groups is 2. The predicted octanol–water partition coefficient (Wildman–Crippen LogP) is 5.27. The number of hydrogen-bond donors (Lipinski definition) is 12. The van der Waals surface area contributed by atoms with Gasteiger partial charge in [0.2, 0.25) is 0 Å². The molecule has 0 aromatic rings. The summed E-state index contributed by atoms with van der Waals surface area (Å²) >= 11 is 0. The van der Waals surface area contributed by atoms with E-state index in [0.29, 0.717) is 6.42 Å².